The van der Waals surface area contributed by atoms with Gasteiger partial charge in [0.25, 0.3) is 0 Å². The summed E-state index contributed by atoms with van der Waals surface area (Å²) in [6.07, 6.45) is 2.41. The second-order valence-electron chi connectivity index (χ2n) is 5.17. The first-order chi connectivity index (χ1) is 11.7. The van der Waals surface area contributed by atoms with Crippen LogP contribution in [-0.2, 0) is 13.0 Å². The maximum atomic E-state index is 13.2. The molecule has 2 aromatic rings. The minimum absolute atomic E-state index is 0.211. The van der Waals surface area contributed by atoms with Gasteiger partial charge in [0.2, 0.25) is 5.88 Å². The Morgan fingerprint density at radius 3 is 2.88 bits per heavy atom. The predicted molar refractivity (Wildman–Crippen MR) is 93.7 cm³/mol. The standard InChI is InChI=1S/C18H23FN4O/c1-3-20-18(22-11-9-14-6-4-8-16(19)12-14)23-13-15-7-5-10-21-17(15)24-2/h4-8,10,12H,3,9,11,13H2,1-2H3,(H2,20,22,23). The summed E-state index contributed by atoms with van der Waals surface area (Å²) in [5, 5.41) is 6.44. The molecule has 0 saturated carbocycles. The molecule has 2 N–H and O–H groups in total. The first-order valence-corrected chi connectivity index (χ1v) is 7.97. The highest BCUT2D eigenvalue weighted by Crippen LogP contribution is 2.14. The van der Waals surface area contributed by atoms with Crippen LogP contribution in [0.15, 0.2) is 47.6 Å². The van der Waals surface area contributed by atoms with Gasteiger partial charge in [0.15, 0.2) is 5.96 Å². The van der Waals surface area contributed by atoms with Crippen LogP contribution in [0.3, 0.4) is 0 Å². The summed E-state index contributed by atoms with van der Waals surface area (Å²) in [6, 6.07) is 10.4. The van der Waals surface area contributed by atoms with E-state index in [0.29, 0.717) is 24.9 Å². The zero-order valence-electron chi connectivity index (χ0n) is 14.1. The molecule has 0 bridgehead atoms. The average Bonchev–Trinajstić information content (AvgIpc) is 2.60. The van der Waals surface area contributed by atoms with E-state index in [9.17, 15) is 4.39 Å². The van der Waals surface area contributed by atoms with Crippen LogP contribution >= 0.6 is 0 Å². The minimum Gasteiger partial charge on any atom is -0.481 e. The number of aromatic nitrogens is 1. The van der Waals surface area contributed by atoms with Gasteiger partial charge in [-0.2, -0.15) is 0 Å². The van der Waals surface area contributed by atoms with E-state index < -0.39 is 0 Å². The number of rotatable bonds is 7. The van der Waals surface area contributed by atoms with Crippen LogP contribution in [0.1, 0.15) is 18.1 Å². The number of hydrogen-bond acceptors (Lipinski definition) is 3. The number of ether oxygens (including phenoxy) is 1. The molecule has 0 fully saturated rings. The highest BCUT2D eigenvalue weighted by molar-refractivity contribution is 5.79. The molecule has 1 heterocycles. The Hall–Kier alpha value is -2.63. The largest absolute Gasteiger partial charge is 0.481 e. The van der Waals surface area contributed by atoms with Gasteiger partial charge < -0.3 is 15.4 Å². The molecule has 0 amide bonds. The summed E-state index contributed by atoms with van der Waals surface area (Å²) >= 11 is 0. The average molecular weight is 330 g/mol. The number of halogens is 1. The molecular weight excluding hydrogens is 307 g/mol. The molecule has 128 valence electrons. The molecule has 0 atom stereocenters. The monoisotopic (exact) mass is 330 g/mol. The lowest BCUT2D eigenvalue weighted by Gasteiger charge is -2.12. The second-order valence-corrected chi connectivity index (χ2v) is 5.17. The van der Waals surface area contributed by atoms with E-state index in [0.717, 1.165) is 24.1 Å². The number of aliphatic imine (C=N–C) groups is 1. The molecule has 24 heavy (non-hydrogen) atoms. The highest BCUT2D eigenvalue weighted by Gasteiger charge is 2.04. The van der Waals surface area contributed by atoms with Gasteiger partial charge in [-0.05, 0) is 37.1 Å². The van der Waals surface area contributed by atoms with E-state index in [1.807, 2.05) is 25.1 Å². The molecule has 0 unspecified atom stereocenters. The molecule has 0 saturated heterocycles. The lowest BCUT2D eigenvalue weighted by atomic mass is 10.1. The smallest absolute Gasteiger partial charge is 0.218 e. The number of hydrogen-bond donors (Lipinski definition) is 2. The van der Waals surface area contributed by atoms with E-state index in [1.54, 1.807) is 25.4 Å². The van der Waals surface area contributed by atoms with Crippen molar-refractivity contribution >= 4 is 5.96 Å². The van der Waals surface area contributed by atoms with Crippen LogP contribution in [0.2, 0.25) is 0 Å². The zero-order chi connectivity index (χ0) is 17.2. The summed E-state index contributed by atoms with van der Waals surface area (Å²) in [5.74, 6) is 1.08. The van der Waals surface area contributed by atoms with Gasteiger partial charge in [0, 0.05) is 24.8 Å². The lowest BCUT2D eigenvalue weighted by Crippen LogP contribution is -2.38. The lowest BCUT2D eigenvalue weighted by molar-refractivity contribution is 0.392. The SMILES string of the molecule is CCNC(=NCc1cccnc1OC)NCCc1cccc(F)c1. The fourth-order valence-corrected chi connectivity index (χ4v) is 2.25. The minimum atomic E-state index is -0.211. The van der Waals surface area contributed by atoms with E-state index in [4.69, 9.17) is 4.74 Å². The zero-order valence-corrected chi connectivity index (χ0v) is 14.1. The van der Waals surface area contributed by atoms with Gasteiger partial charge in [-0.25, -0.2) is 14.4 Å². The summed E-state index contributed by atoms with van der Waals surface area (Å²) < 4.78 is 18.4. The number of pyridine rings is 1. The maximum Gasteiger partial charge on any atom is 0.218 e. The number of nitrogens with zero attached hydrogens (tertiary/aromatic N) is 2. The molecule has 0 aliphatic heterocycles. The molecule has 0 radical (unpaired) electrons. The molecular formula is C18H23FN4O. The van der Waals surface area contributed by atoms with Crippen molar-refractivity contribution < 1.29 is 9.13 Å². The van der Waals surface area contributed by atoms with E-state index >= 15 is 0 Å². The number of benzene rings is 1. The molecule has 0 spiro atoms. The van der Waals surface area contributed by atoms with Crippen molar-refractivity contribution in [2.75, 3.05) is 20.2 Å². The third kappa shape index (κ3) is 5.53. The van der Waals surface area contributed by atoms with E-state index in [-0.39, 0.29) is 5.82 Å². The number of methoxy groups -OCH3 is 1. The Morgan fingerprint density at radius 2 is 2.12 bits per heavy atom. The maximum absolute atomic E-state index is 13.2. The Labute approximate surface area is 142 Å². The fraction of sp³-hybridized carbons (Fsp3) is 0.333. The van der Waals surface area contributed by atoms with Crippen molar-refractivity contribution in [1.29, 1.82) is 0 Å². The number of guanidine groups is 1. The Bertz CT molecular complexity index is 676. The van der Waals surface area contributed by atoms with Gasteiger partial charge in [-0.15, -0.1) is 0 Å². The normalized spacial score (nSPS) is 11.2. The van der Waals surface area contributed by atoms with Crippen LogP contribution < -0.4 is 15.4 Å². The van der Waals surface area contributed by atoms with Crippen LogP contribution in [0, 0.1) is 5.82 Å². The summed E-state index contributed by atoms with van der Waals surface area (Å²) in [4.78, 5) is 8.70. The number of nitrogens with one attached hydrogen (secondary N) is 2. The molecule has 0 aliphatic carbocycles. The van der Waals surface area contributed by atoms with Crippen LogP contribution in [0.25, 0.3) is 0 Å². The van der Waals surface area contributed by atoms with Crippen LogP contribution in [-0.4, -0.2) is 31.1 Å². The topological polar surface area (TPSA) is 58.5 Å². The predicted octanol–water partition coefficient (Wildman–Crippen LogP) is 2.53. The first-order valence-electron chi connectivity index (χ1n) is 7.97. The van der Waals surface area contributed by atoms with Crippen molar-refractivity contribution in [3.63, 3.8) is 0 Å². The van der Waals surface area contributed by atoms with Crippen molar-refractivity contribution in [2.45, 2.75) is 19.9 Å². The van der Waals surface area contributed by atoms with Gasteiger partial charge in [0.05, 0.1) is 13.7 Å². The second kappa shape index (κ2) is 9.50. The van der Waals surface area contributed by atoms with Crippen molar-refractivity contribution in [1.82, 2.24) is 15.6 Å². The molecule has 6 heteroatoms. The Balaban J connectivity index is 1.93. The van der Waals surface area contributed by atoms with Crippen molar-refractivity contribution in [2.24, 2.45) is 4.99 Å². The quantitative estimate of drug-likeness (QED) is 0.605. The third-order valence-electron chi connectivity index (χ3n) is 3.39. The van der Waals surface area contributed by atoms with Gasteiger partial charge in [0.1, 0.15) is 5.82 Å². The molecule has 1 aromatic carbocycles. The summed E-state index contributed by atoms with van der Waals surface area (Å²) in [7, 11) is 1.60. The van der Waals surface area contributed by atoms with Gasteiger partial charge in [-0.1, -0.05) is 18.2 Å². The molecule has 5 nitrogen and oxygen atoms in total. The van der Waals surface area contributed by atoms with Gasteiger partial charge >= 0.3 is 0 Å². The van der Waals surface area contributed by atoms with Crippen LogP contribution in [0.5, 0.6) is 5.88 Å². The van der Waals surface area contributed by atoms with Crippen LogP contribution in [0.4, 0.5) is 4.39 Å². The summed E-state index contributed by atoms with van der Waals surface area (Å²) in [5.41, 5.74) is 1.87. The van der Waals surface area contributed by atoms with Gasteiger partial charge in [-0.3, -0.25) is 0 Å². The third-order valence-corrected chi connectivity index (χ3v) is 3.39. The molecule has 1 aromatic heterocycles. The molecule has 0 aliphatic rings. The summed E-state index contributed by atoms with van der Waals surface area (Å²) in [6.45, 7) is 3.90. The molecule has 2 rings (SSSR count). The Kier molecular flexibility index (Phi) is 7.01. The van der Waals surface area contributed by atoms with E-state index in [1.165, 1.54) is 6.07 Å². The Morgan fingerprint density at radius 1 is 1.25 bits per heavy atom. The van der Waals surface area contributed by atoms with Crippen molar-refractivity contribution in [3.05, 3.63) is 59.5 Å². The van der Waals surface area contributed by atoms with Crippen molar-refractivity contribution in [3.8, 4) is 5.88 Å². The fourth-order valence-electron chi connectivity index (χ4n) is 2.25. The van der Waals surface area contributed by atoms with E-state index in [2.05, 4.69) is 20.6 Å². The first kappa shape index (κ1) is 17.7. The highest BCUT2D eigenvalue weighted by atomic mass is 19.1.